The van der Waals surface area contributed by atoms with Crippen LogP contribution in [0, 0.1) is 5.41 Å². The fourth-order valence-corrected chi connectivity index (χ4v) is 1.41. The van der Waals surface area contributed by atoms with Crippen LogP contribution in [0.3, 0.4) is 0 Å². The van der Waals surface area contributed by atoms with E-state index < -0.39 is 0 Å². The Hall–Kier alpha value is 0.0600. The van der Waals surface area contributed by atoms with Crippen molar-refractivity contribution in [2.24, 2.45) is 5.41 Å². The zero-order chi connectivity index (χ0) is 6.74. The van der Waals surface area contributed by atoms with Crippen LogP contribution in [0.2, 0.25) is 0 Å². The Balaban J connectivity index is 2.69. The minimum atomic E-state index is -0.0525. The molecule has 50 valence electrons. The molecule has 0 fully saturated rings. The molecule has 0 aromatic carbocycles. The van der Waals surface area contributed by atoms with Gasteiger partial charge in [0.25, 0.3) is 0 Å². The SMILES string of the molecule is ClCC1(CCl)C=CC=C1. The number of rotatable bonds is 2. The second-order valence-corrected chi connectivity index (χ2v) is 2.75. The van der Waals surface area contributed by atoms with Crippen molar-refractivity contribution in [3.8, 4) is 0 Å². The quantitative estimate of drug-likeness (QED) is 0.548. The van der Waals surface area contributed by atoms with Crippen LogP contribution in [-0.4, -0.2) is 11.8 Å². The largest absolute Gasteiger partial charge is 0.125 e. The van der Waals surface area contributed by atoms with Gasteiger partial charge in [0.2, 0.25) is 0 Å². The standard InChI is InChI=1S/C7H8Cl2/c8-5-7(6-9)3-1-2-4-7/h1-4H,5-6H2. The average molecular weight is 163 g/mol. The van der Waals surface area contributed by atoms with Crippen LogP contribution >= 0.6 is 23.2 Å². The number of alkyl halides is 2. The summed E-state index contributed by atoms with van der Waals surface area (Å²) in [4.78, 5) is 0. The topological polar surface area (TPSA) is 0 Å². The van der Waals surface area contributed by atoms with E-state index in [2.05, 4.69) is 0 Å². The molecule has 2 heteroatoms. The normalized spacial score (nSPS) is 21.1. The van der Waals surface area contributed by atoms with Crippen molar-refractivity contribution in [1.29, 1.82) is 0 Å². The van der Waals surface area contributed by atoms with Crippen LogP contribution in [0.4, 0.5) is 0 Å². The van der Waals surface area contributed by atoms with Crippen molar-refractivity contribution < 1.29 is 0 Å². The van der Waals surface area contributed by atoms with E-state index in [0.717, 1.165) is 0 Å². The van der Waals surface area contributed by atoms with Gasteiger partial charge in [-0.2, -0.15) is 0 Å². The second-order valence-electron chi connectivity index (χ2n) is 2.22. The maximum absolute atomic E-state index is 5.68. The highest BCUT2D eigenvalue weighted by Crippen LogP contribution is 2.28. The predicted molar refractivity (Wildman–Crippen MR) is 42.2 cm³/mol. The van der Waals surface area contributed by atoms with E-state index in [4.69, 9.17) is 23.2 Å². The lowest BCUT2D eigenvalue weighted by Gasteiger charge is -2.17. The number of allylic oxidation sites excluding steroid dienone is 4. The lowest BCUT2D eigenvalue weighted by atomic mass is 9.96. The molecule has 1 rings (SSSR count). The van der Waals surface area contributed by atoms with Gasteiger partial charge in [0.15, 0.2) is 0 Å². The zero-order valence-corrected chi connectivity index (χ0v) is 6.49. The molecule has 1 aliphatic carbocycles. The highest BCUT2D eigenvalue weighted by atomic mass is 35.5. The smallest absolute Gasteiger partial charge is 0.0361 e. The summed E-state index contributed by atoms with van der Waals surface area (Å²) >= 11 is 11.4. The number of halogens is 2. The Morgan fingerprint density at radius 1 is 1.00 bits per heavy atom. The first-order valence-corrected chi connectivity index (χ1v) is 3.89. The van der Waals surface area contributed by atoms with Crippen molar-refractivity contribution in [2.45, 2.75) is 0 Å². The van der Waals surface area contributed by atoms with Crippen molar-refractivity contribution in [3.05, 3.63) is 24.3 Å². The van der Waals surface area contributed by atoms with Crippen LogP contribution < -0.4 is 0 Å². The molecule has 0 nitrogen and oxygen atoms in total. The Morgan fingerprint density at radius 3 is 1.67 bits per heavy atom. The maximum Gasteiger partial charge on any atom is 0.0361 e. The van der Waals surface area contributed by atoms with Crippen LogP contribution in [0.25, 0.3) is 0 Å². The van der Waals surface area contributed by atoms with Gasteiger partial charge in [0.1, 0.15) is 0 Å². The van der Waals surface area contributed by atoms with E-state index in [1.807, 2.05) is 24.3 Å². The summed E-state index contributed by atoms with van der Waals surface area (Å²) in [5.74, 6) is 1.15. The number of hydrogen-bond acceptors (Lipinski definition) is 0. The zero-order valence-electron chi connectivity index (χ0n) is 4.98. The molecule has 0 spiro atoms. The van der Waals surface area contributed by atoms with Crippen LogP contribution in [0.1, 0.15) is 0 Å². The Morgan fingerprint density at radius 2 is 1.44 bits per heavy atom. The summed E-state index contributed by atoms with van der Waals surface area (Å²) < 4.78 is 0. The summed E-state index contributed by atoms with van der Waals surface area (Å²) in [6.45, 7) is 0. The molecule has 0 aliphatic heterocycles. The summed E-state index contributed by atoms with van der Waals surface area (Å²) in [5, 5.41) is 0. The molecule has 0 aromatic heterocycles. The fraction of sp³-hybridized carbons (Fsp3) is 0.429. The molecule has 0 saturated carbocycles. The van der Waals surface area contributed by atoms with E-state index in [1.165, 1.54) is 0 Å². The van der Waals surface area contributed by atoms with Gasteiger partial charge in [0, 0.05) is 17.2 Å². The average Bonchev–Trinajstić information content (AvgIpc) is 2.36. The third-order valence-corrected chi connectivity index (χ3v) is 2.46. The molecule has 0 radical (unpaired) electrons. The molecular weight excluding hydrogens is 155 g/mol. The first-order chi connectivity index (χ1) is 4.33. The van der Waals surface area contributed by atoms with Gasteiger partial charge < -0.3 is 0 Å². The maximum atomic E-state index is 5.68. The third-order valence-electron chi connectivity index (χ3n) is 1.47. The molecule has 0 bridgehead atoms. The van der Waals surface area contributed by atoms with Crippen molar-refractivity contribution >= 4 is 23.2 Å². The predicted octanol–water partition coefficient (Wildman–Crippen LogP) is 2.58. The lowest BCUT2D eigenvalue weighted by Crippen LogP contribution is -2.16. The third kappa shape index (κ3) is 1.31. The van der Waals surface area contributed by atoms with Gasteiger partial charge in [-0.25, -0.2) is 0 Å². The minimum Gasteiger partial charge on any atom is -0.125 e. The van der Waals surface area contributed by atoms with Crippen molar-refractivity contribution in [1.82, 2.24) is 0 Å². The van der Waals surface area contributed by atoms with E-state index >= 15 is 0 Å². The highest BCUT2D eigenvalue weighted by Gasteiger charge is 2.23. The van der Waals surface area contributed by atoms with Gasteiger partial charge in [-0.15, -0.1) is 23.2 Å². The Bertz CT molecular complexity index is 129. The van der Waals surface area contributed by atoms with Gasteiger partial charge in [0.05, 0.1) is 0 Å². The van der Waals surface area contributed by atoms with Gasteiger partial charge in [-0.1, -0.05) is 24.3 Å². The Kier molecular flexibility index (Phi) is 2.20. The lowest BCUT2D eigenvalue weighted by molar-refractivity contribution is 0.654. The van der Waals surface area contributed by atoms with E-state index in [-0.39, 0.29) is 5.41 Å². The molecule has 0 unspecified atom stereocenters. The molecule has 0 aromatic rings. The van der Waals surface area contributed by atoms with Crippen LogP contribution in [0.5, 0.6) is 0 Å². The molecule has 1 aliphatic rings. The Labute approximate surface area is 65.2 Å². The number of hydrogen-bond donors (Lipinski definition) is 0. The molecule has 0 heterocycles. The van der Waals surface area contributed by atoms with E-state index in [9.17, 15) is 0 Å². The fourth-order valence-electron chi connectivity index (χ4n) is 0.764. The molecular formula is C7H8Cl2. The van der Waals surface area contributed by atoms with Crippen LogP contribution in [-0.2, 0) is 0 Å². The van der Waals surface area contributed by atoms with Crippen LogP contribution in [0.15, 0.2) is 24.3 Å². The molecule has 0 N–H and O–H groups in total. The first-order valence-electron chi connectivity index (χ1n) is 2.82. The summed E-state index contributed by atoms with van der Waals surface area (Å²) in [6, 6.07) is 0. The van der Waals surface area contributed by atoms with Gasteiger partial charge in [-0.3, -0.25) is 0 Å². The molecule has 9 heavy (non-hydrogen) atoms. The van der Waals surface area contributed by atoms with Gasteiger partial charge in [-0.05, 0) is 0 Å². The highest BCUT2D eigenvalue weighted by molar-refractivity contribution is 6.22. The summed E-state index contributed by atoms with van der Waals surface area (Å²) in [6.07, 6.45) is 8.02. The first kappa shape index (κ1) is 7.17. The van der Waals surface area contributed by atoms with E-state index in [1.54, 1.807) is 0 Å². The molecule has 0 atom stereocenters. The second kappa shape index (κ2) is 2.76. The van der Waals surface area contributed by atoms with Crippen molar-refractivity contribution in [2.75, 3.05) is 11.8 Å². The summed E-state index contributed by atoms with van der Waals surface area (Å²) in [5.41, 5.74) is -0.0525. The molecule has 0 amide bonds. The van der Waals surface area contributed by atoms with E-state index in [0.29, 0.717) is 11.8 Å². The molecule has 0 saturated heterocycles. The monoisotopic (exact) mass is 162 g/mol. The van der Waals surface area contributed by atoms with Crippen molar-refractivity contribution in [3.63, 3.8) is 0 Å². The van der Waals surface area contributed by atoms with Gasteiger partial charge >= 0.3 is 0 Å². The summed E-state index contributed by atoms with van der Waals surface area (Å²) in [7, 11) is 0. The minimum absolute atomic E-state index is 0.0525.